The van der Waals surface area contributed by atoms with Gasteiger partial charge in [-0.1, -0.05) is 48.5 Å². The molecule has 0 bridgehead atoms. The van der Waals surface area contributed by atoms with Crippen molar-refractivity contribution in [2.45, 2.75) is 0 Å². The Labute approximate surface area is 147 Å². The number of morpholine rings is 1. The highest BCUT2D eigenvalue weighted by molar-refractivity contribution is 6.13. The van der Waals surface area contributed by atoms with Crippen molar-refractivity contribution in [2.24, 2.45) is 0 Å². The number of rotatable bonds is 3. The number of fused-ring (bicyclic) bond motifs is 1. The van der Waals surface area contributed by atoms with E-state index in [-0.39, 0.29) is 5.91 Å². The Kier molecular flexibility index (Phi) is 4.36. The van der Waals surface area contributed by atoms with Crippen molar-refractivity contribution in [1.82, 2.24) is 0 Å². The number of para-hydroxylation sites is 2. The molecule has 0 aliphatic carbocycles. The number of nitrogens with one attached hydrogen (secondary N) is 1. The van der Waals surface area contributed by atoms with Crippen molar-refractivity contribution < 1.29 is 9.53 Å². The topological polar surface area (TPSA) is 41.6 Å². The van der Waals surface area contributed by atoms with Crippen LogP contribution >= 0.6 is 0 Å². The summed E-state index contributed by atoms with van der Waals surface area (Å²) in [4.78, 5) is 15.2. The molecule has 1 amide bonds. The van der Waals surface area contributed by atoms with Gasteiger partial charge in [0.1, 0.15) is 0 Å². The number of ether oxygens (including phenoxy) is 1. The van der Waals surface area contributed by atoms with E-state index in [0.717, 1.165) is 35.2 Å². The summed E-state index contributed by atoms with van der Waals surface area (Å²) in [5, 5.41) is 5.13. The summed E-state index contributed by atoms with van der Waals surface area (Å²) in [6.07, 6.45) is 0. The van der Waals surface area contributed by atoms with Crippen molar-refractivity contribution in [3.8, 4) is 0 Å². The largest absolute Gasteiger partial charge is 0.378 e. The van der Waals surface area contributed by atoms with Gasteiger partial charge in [0.15, 0.2) is 0 Å². The van der Waals surface area contributed by atoms with Gasteiger partial charge < -0.3 is 15.0 Å². The summed E-state index contributed by atoms with van der Waals surface area (Å²) in [6, 6.07) is 21.7. The monoisotopic (exact) mass is 332 g/mol. The summed E-state index contributed by atoms with van der Waals surface area (Å²) >= 11 is 0. The molecule has 0 spiro atoms. The van der Waals surface area contributed by atoms with E-state index in [1.807, 2.05) is 66.7 Å². The predicted molar refractivity (Wildman–Crippen MR) is 101 cm³/mol. The van der Waals surface area contributed by atoms with Gasteiger partial charge >= 0.3 is 0 Å². The molecule has 0 atom stereocenters. The number of hydrogen-bond acceptors (Lipinski definition) is 3. The highest BCUT2D eigenvalue weighted by Gasteiger charge is 2.17. The average Bonchev–Trinajstić information content (AvgIpc) is 2.68. The Hall–Kier alpha value is -2.85. The number of carbonyl (C=O) groups is 1. The number of carbonyl (C=O) groups excluding carboxylic acids is 1. The summed E-state index contributed by atoms with van der Waals surface area (Å²) in [7, 11) is 0. The first-order chi connectivity index (χ1) is 12.3. The minimum Gasteiger partial charge on any atom is -0.378 e. The summed E-state index contributed by atoms with van der Waals surface area (Å²) in [5.41, 5.74) is 2.57. The van der Waals surface area contributed by atoms with Crippen LogP contribution in [0, 0.1) is 0 Å². The molecule has 1 fully saturated rings. The molecule has 3 aromatic carbocycles. The third-order valence-corrected chi connectivity index (χ3v) is 4.54. The molecule has 4 nitrogen and oxygen atoms in total. The minimum absolute atomic E-state index is 0.0856. The van der Waals surface area contributed by atoms with Crippen LogP contribution in [0.5, 0.6) is 0 Å². The maximum Gasteiger partial charge on any atom is 0.256 e. The van der Waals surface area contributed by atoms with Crippen molar-refractivity contribution in [3.05, 3.63) is 72.3 Å². The Balaban J connectivity index is 1.65. The lowest BCUT2D eigenvalue weighted by atomic mass is 10.0. The lowest BCUT2D eigenvalue weighted by Crippen LogP contribution is -2.36. The summed E-state index contributed by atoms with van der Waals surface area (Å²) in [5.74, 6) is -0.0856. The standard InChI is InChI=1S/C21H20N2O2/c24-21(18-9-5-7-16-6-1-2-8-17(16)18)22-19-10-3-4-11-20(19)23-12-14-25-15-13-23/h1-11H,12-15H2,(H,22,24). The minimum atomic E-state index is -0.0856. The number of benzene rings is 3. The zero-order chi connectivity index (χ0) is 17.1. The van der Waals surface area contributed by atoms with Gasteiger partial charge in [-0.2, -0.15) is 0 Å². The molecule has 0 saturated carbocycles. The van der Waals surface area contributed by atoms with E-state index in [2.05, 4.69) is 10.2 Å². The third-order valence-electron chi connectivity index (χ3n) is 4.54. The van der Waals surface area contributed by atoms with E-state index in [1.165, 1.54) is 0 Å². The van der Waals surface area contributed by atoms with Gasteiger partial charge in [0.25, 0.3) is 5.91 Å². The second-order valence-corrected chi connectivity index (χ2v) is 6.10. The molecule has 1 aliphatic heterocycles. The Bertz CT molecular complexity index is 896. The van der Waals surface area contributed by atoms with Gasteiger partial charge in [0.05, 0.1) is 24.6 Å². The van der Waals surface area contributed by atoms with Gasteiger partial charge in [-0.15, -0.1) is 0 Å². The Morgan fingerprint density at radius 3 is 2.48 bits per heavy atom. The quantitative estimate of drug-likeness (QED) is 0.790. The highest BCUT2D eigenvalue weighted by atomic mass is 16.5. The van der Waals surface area contributed by atoms with Crippen LogP contribution in [0.3, 0.4) is 0 Å². The normalized spacial score (nSPS) is 14.5. The van der Waals surface area contributed by atoms with Gasteiger partial charge in [0, 0.05) is 18.7 Å². The van der Waals surface area contributed by atoms with Crippen molar-refractivity contribution in [3.63, 3.8) is 0 Å². The van der Waals surface area contributed by atoms with Gasteiger partial charge in [-0.25, -0.2) is 0 Å². The molecule has 126 valence electrons. The van der Waals surface area contributed by atoms with E-state index in [0.29, 0.717) is 18.8 Å². The maximum atomic E-state index is 12.9. The summed E-state index contributed by atoms with van der Waals surface area (Å²) < 4.78 is 5.43. The van der Waals surface area contributed by atoms with Crippen LogP contribution in [0.2, 0.25) is 0 Å². The smallest absolute Gasteiger partial charge is 0.256 e. The van der Waals surface area contributed by atoms with Gasteiger partial charge in [-0.3, -0.25) is 4.79 Å². The maximum absolute atomic E-state index is 12.9. The molecular weight excluding hydrogens is 312 g/mol. The fraction of sp³-hybridized carbons (Fsp3) is 0.190. The second-order valence-electron chi connectivity index (χ2n) is 6.10. The van der Waals surface area contributed by atoms with E-state index in [9.17, 15) is 4.79 Å². The van der Waals surface area contributed by atoms with Crippen molar-refractivity contribution in [2.75, 3.05) is 36.5 Å². The first kappa shape index (κ1) is 15.7. The summed E-state index contributed by atoms with van der Waals surface area (Å²) in [6.45, 7) is 3.10. The Morgan fingerprint density at radius 2 is 1.60 bits per heavy atom. The van der Waals surface area contributed by atoms with E-state index >= 15 is 0 Å². The molecule has 1 aliphatic rings. The number of hydrogen-bond donors (Lipinski definition) is 1. The molecule has 4 heteroatoms. The average molecular weight is 332 g/mol. The molecule has 1 heterocycles. The van der Waals surface area contributed by atoms with Crippen LogP contribution in [0.15, 0.2) is 66.7 Å². The van der Waals surface area contributed by atoms with E-state index < -0.39 is 0 Å². The van der Waals surface area contributed by atoms with Gasteiger partial charge in [0.2, 0.25) is 0 Å². The van der Waals surface area contributed by atoms with Crippen LogP contribution in [-0.4, -0.2) is 32.2 Å². The van der Waals surface area contributed by atoms with Gasteiger partial charge in [-0.05, 0) is 29.0 Å². The first-order valence-electron chi connectivity index (χ1n) is 8.54. The fourth-order valence-corrected chi connectivity index (χ4v) is 3.27. The zero-order valence-corrected chi connectivity index (χ0v) is 13.9. The first-order valence-corrected chi connectivity index (χ1v) is 8.54. The lowest BCUT2D eigenvalue weighted by Gasteiger charge is -2.30. The third kappa shape index (κ3) is 3.21. The van der Waals surface area contributed by atoms with E-state index in [4.69, 9.17) is 4.74 Å². The molecule has 4 rings (SSSR count). The van der Waals surface area contributed by atoms with Crippen molar-refractivity contribution in [1.29, 1.82) is 0 Å². The number of amides is 1. The number of anilines is 2. The SMILES string of the molecule is O=C(Nc1ccccc1N1CCOCC1)c1cccc2ccccc12. The molecule has 25 heavy (non-hydrogen) atoms. The molecule has 1 saturated heterocycles. The van der Waals surface area contributed by atoms with Crippen molar-refractivity contribution >= 4 is 28.1 Å². The van der Waals surface area contributed by atoms with Crippen LogP contribution in [0.25, 0.3) is 10.8 Å². The van der Waals surface area contributed by atoms with Crippen LogP contribution in [-0.2, 0) is 4.74 Å². The molecule has 0 unspecified atom stereocenters. The molecule has 0 radical (unpaired) electrons. The molecule has 0 aromatic heterocycles. The molecular formula is C21H20N2O2. The fourth-order valence-electron chi connectivity index (χ4n) is 3.27. The zero-order valence-electron chi connectivity index (χ0n) is 13.9. The second kappa shape index (κ2) is 6.95. The molecule has 3 aromatic rings. The van der Waals surface area contributed by atoms with Crippen LogP contribution in [0.4, 0.5) is 11.4 Å². The van der Waals surface area contributed by atoms with E-state index in [1.54, 1.807) is 0 Å². The predicted octanol–water partition coefficient (Wildman–Crippen LogP) is 3.93. The molecule has 1 N–H and O–H groups in total. The van der Waals surface area contributed by atoms with Crippen LogP contribution < -0.4 is 10.2 Å². The highest BCUT2D eigenvalue weighted by Crippen LogP contribution is 2.27. The number of nitrogens with zero attached hydrogens (tertiary/aromatic N) is 1. The lowest BCUT2D eigenvalue weighted by molar-refractivity contribution is 0.102. The Morgan fingerprint density at radius 1 is 0.880 bits per heavy atom. The van der Waals surface area contributed by atoms with Crippen LogP contribution in [0.1, 0.15) is 10.4 Å².